The van der Waals surface area contributed by atoms with Crippen LogP contribution >= 0.6 is 0 Å². The highest BCUT2D eigenvalue weighted by Gasteiger charge is 2.42. The number of methoxy groups -OCH3 is 1. The van der Waals surface area contributed by atoms with Gasteiger partial charge in [-0.05, 0) is 46.1 Å². The summed E-state index contributed by atoms with van der Waals surface area (Å²) in [6.45, 7) is 6.08. The first kappa shape index (κ1) is 17.4. The normalized spacial score (nSPS) is 28.6. The fraction of sp³-hybridized carbons (Fsp3) is 0.933. The molecule has 3 unspecified atom stereocenters. The Balaban J connectivity index is 2.82. The maximum Gasteiger partial charge on any atom is 0.237 e. The molecule has 1 aliphatic rings. The zero-order valence-corrected chi connectivity index (χ0v) is 13.4. The van der Waals surface area contributed by atoms with Gasteiger partial charge in [-0.2, -0.15) is 0 Å². The van der Waals surface area contributed by atoms with Crippen LogP contribution < -0.4 is 11.1 Å². The zero-order chi connectivity index (χ0) is 15.2. The molecule has 1 amide bonds. The molecule has 0 aromatic heterocycles. The largest absolute Gasteiger partial charge is 0.383 e. The molecule has 0 radical (unpaired) electrons. The Labute approximate surface area is 123 Å². The third kappa shape index (κ3) is 3.93. The van der Waals surface area contributed by atoms with Gasteiger partial charge in [0.05, 0.1) is 12.1 Å². The molecule has 1 saturated carbocycles. The molecule has 0 heterocycles. The number of rotatable bonds is 8. The van der Waals surface area contributed by atoms with Crippen molar-refractivity contribution < 1.29 is 9.53 Å². The van der Waals surface area contributed by atoms with E-state index >= 15 is 0 Å². The lowest BCUT2D eigenvalue weighted by Crippen LogP contribution is -2.60. The van der Waals surface area contributed by atoms with Crippen molar-refractivity contribution in [1.82, 2.24) is 10.2 Å². The number of hydrogen-bond acceptors (Lipinski definition) is 4. The number of amides is 1. The van der Waals surface area contributed by atoms with E-state index in [9.17, 15) is 4.79 Å². The van der Waals surface area contributed by atoms with Crippen molar-refractivity contribution >= 4 is 5.91 Å². The van der Waals surface area contributed by atoms with E-state index in [1.54, 1.807) is 7.11 Å². The van der Waals surface area contributed by atoms with Crippen molar-refractivity contribution in [3.8, 4) is 0 Å². The fourth-order valence-electron chi connectivity index (χ4n) is 3.30. The second-order valence-corrected chi connectivity index (χ2v) is 5.93. The quantitative estimate of drug-likeness (QED) is 0.701. The van der Waals surface area contributed by atoms with Gasteiger partial charge in [-0.1, -0.05) is 6.92 Å². The van der Waals surface area contributed by atoms with E-state index in [-0.39, 0.29) is 5.91 Å². The molecule has 1 rings (SSSR count). The second-order valence-electron chi connectivity index (χ2n) is 5.93. The first-order valence-electron chi connectivity index (χ1n) is 7.74. The first-order valence-corrected chi connectivity index (χ1v) is 7.74. The minimum Gasteiger partial charge on any atom is -0.383 e. The molecule has 20 heavy (non-hydrogen) atoms. The van der Waals surface area contributed by atoms with Crippen molar-refractivity contribution in [3.05, 3.63) is 0 Å². The lowest BCUT2D eigenvalue weighted by Gasteiger charge is -2.45. The van der Waals surface area contributed by atoms with Crippen LogP contribution in [0.4, 0.5) is 0 Å². The molecule has 1 fully saturated rings. The number of ether oxygens (including phenoxy) is 1. The molecule has 1 aliphatic carbocycles. The molecule has 5 heteroatoms. The van der Waals surface area contributed by atoms with Gasteiger partial charge in [0.25, 0.3) is 0 Å². The Kier molecular flexibility index (Phi) is 6.92. The van der Waals surface area contributed by atoms with Crippen molar-refractivity contribution in [3.63, 3.8) is 0 Å². The van der Waals surface area contributed by atoms with E-state index < -0.39 is 5.54 Å². The molecular weight excluding hydrogens is 254 g/mol. The minimum atomic E-state index is -0.540. The lowest BCUT2D eigenvalue weighted by atomic mass is 9.77. The minimum absolute atomic E-state index is 0.222. The predicted octanol–water partition coefficient (Wildman–Crippen LogP) is 1.12. The fourth-order valence-corrected chi connectivity index (χ4v) is 3.30. The number of primary amides is 1. The van der Waals surface area contributed by atoms with Crippen LogP contribution in [0.3, 0.4) is 0 Å². The Morgan fingerprint density at radius 1 is 1.60 bits per heavy atom. The summed E-state index contributed by atoms with van der Waals surface area (Å²) >= 11 is 0. The Hall–Kier alpha value is -0.650. The first-order chi connectivity index (χ1) is 9.50. The molecule has 0 aliphatic heterocycles. The highest BCUT2D eigenvalue weighted by Crippen LogP contribution is 2.32. The standard InChI is InChI=1S/C15H31N3O2/c1-5-12(2)18(9-10-20-4)13-7-6-8-15(11-13,17-3)14(16)19/h12-13,17H,5-11H2,1-4H3,(H2,16,19). The summed E-state index contributed by atoms with van der Waals surface area (Å²) in [4.78, 5) is 14.3. The van der Waals surface area contributed by atoms with Crippen LogP contribution in [0.1, 0.15) is 46.0 Å². The maximum atomic E-state index is 11.8. The monoisotopic (exact) mass is 285 g/mol. The molecule has 0 bridgehead atoms. The average Bonchev–Trinajstić information content (AvgIpc) is 2.47. The van der Waals surface area contributed by atoms with Gasteiger partial charge in [0, 0.05) is 25.7 Å². The molecule has 0 aromatic rings. The number of nitrogens with zero attached hydrogens (tertiary/aromatic N) is 1. The molecule has 3 N–H and O–H groups in total. The van der Waals surface area contributed by atoms with Crippen molar-refractivity contribution in [2.45, 2.75) is 63.6 Å². The number of carbonyl (C=O) groups excluding carboxylic acids is 1. The van der Waals surface area contributed by atoms with Gasteiger partial charge in [0.1, 0.15) is 0 Å². The van der Waals surface area contributed by atoms with Gasteiger partial charge < -0.3 is 15.8 Å². The molecule has 5 nitrogen and oxygen atoms in total. The Morgan fingerprint density at radius 2 is 2.30 bits per heavy atom. The highest BCUT2D eigenvalue weighted by molar-refractivity contribution is 5.84. The number of nitrogens with one attached hydrogen (secondary N) is 1. The van der Waals surface area contributed by atoms with Gasteiger partial charge in [-0.25, -0.2) is 0 Å². The SMILES string of the molecule is CCC(C)N(CCOC)C1CCCC(NC)(C(N)=O)C1. The van der Waals surface area contributed by atoms with Crippen LogP contribution in [-0.4, -0.2) is 55.7 Å². The summed E-state index contributed by atoms with van der Waals surface area (Å²) in [6.07, 6.45) is 4.91. The summed E-state index contributed by atoms with van der Waals surface area (Å²) in [5, 5.41) is 3.18. The van der Waals surface area contributed by atoms with Crippen molar-refractivity contribution in [1.29, 1.82) is 0 Å². The van der Waals surface area contributed by atoms with Crippen LogP contribution in [-0.2, 0) is 9.53 Å². The van der Waals surface area contributed by atoms with E-state index in [0.717, 1.165) is 45.3 Å². The smallest absolute Gasteiger partial charge is 0.237 e. The van der Waals surface area contributed by atoms with Gasteiger partial charge in [-0.15, -0.1) is 0 Å². The van der Waals surface area contributed by atoms with Crippen LogP contribution in [0.15, 0.2) is 0 Å². The maximum absolute atomic E-state index is 11.8. The number of nitrogens with two attached hydrogens (primary N) is 1. The Morgan fingerprint density at radius 3 is 2.80 bits per heavy atom. The summed E-state index contributed by atoms with van der Waals surface area (Å²) in [5.74, 6) is -0.222. The lowest BCUT2D eigenvalue weighted by molar-refractivity contribution is -0.126. The predicted molar refractivity (Wildman–Crippen MR) is 81.6 cm³/mol. The molecule has 118 valence electrons. The molecule has 0 aromatic carbocycles. The van der Waals surface area contributed by atoms with Crippen LogP contribution in [0.2, 0.25) is 0 Å². The van der Waals surface area contributed by atoms with Gasteiger partial charge in [0.15, 0.2) is 0 Å². The topological polar surface area (TPSA) is 67.6 Å². The summed E-state index contributed by atoms with van der Waals surface area (Å²) in [7, 11) is 3.58. The van der Waals surface area contributed by atoms with E-state index in [4.69, 9.17) is 10.5 Å². The highest BCUT2D eigenvalue weighted by atomic mass is 16.5. The average molecular weight is 285 g/mol. The van der Waals surface area contributed by atoms with Gasteiger partial charge in [0.2, 0.25) is 5.91 Å². The molecule has 0 spiro atoms. The zero-order valence-electron chi connectivity index (χ0n) is 13.4. The second kappa shape index (κ2) is 7.96. The van der Waals surface area contributed by atoms with E-state index in [0.29, 0.717) is 12.1 Å². The van der Waals surface area contributed by atoms with Crippen molar-refractivity contribution in [2.75, 3.05) is 27.3 Å². The van der Waals surface area contributed by atoms with E-state index in [1.807, 2.05) is 7.05 Å². The van der Waals surface area contributed by atoms with E-state index in [1.165, 1.54) is 0 Å². The summed E-state index contributed by atoms with van der Waals surface area (Å²) in [6, 6.07) is 0.893. The number of carbonyl (C=O) groups is 1. The molecular formula is C15H31N3O2. The third-order valence-corrected chi connectivity index (χ3v) is 4.85. The summed E-state index contributed by atoms with van der Waals surface area (Å²) in [5.41, 5.74) is 5.10. The van der Waals surface area contributed by atoms with Gasteiger partial charge in [-0.3, -0.25) is 9.69 Å². The third-order valence-electron chi connectivity index (χ3n) is 4.85. The number of likely N-dealkylation sites (N-methyl/N-ethyl adjacent to an activating group) is 1. The van der Waals surface area contributed by atoms with Gasteiger partial charge >= 0.3 is 0 Å². The Bertz CT molecular complexity index is 311. The van der Waals surface area contributed by atoms with Crippen LogP contribution in [0.5, 0.6) is 0 Å². The number of hydrogen-bond donors (Lipinski definition) is 2. The van der Waals surface area contributed by atoms with E-state index in [2.05, 4.69) is 24.1 Å². The summed E-state index contributed by atoms with van der Waals surface area (Å²) < 4.78 is 5.23. The van der Waals surface area contributed by atoms with Crippen molar-refractivity contribution in [2.24, 2.45) is 5.73 Å². The molecule has 0 saturated heterocycles. The molecule has 3 atom stereocenters. The van der Waals surface area contributed by atoms with Crippen LogP contribution in [0.25, 0.3) is 0 Å². The van der Waals surface area contributed by atoms with Crippen LogP contribution in [0, 0.1) is 0 Å².